The van der Waals surface area contributed by atoms with Gasteiger partial charge in [0.25, 0.3) is 6.43 Å². The minimum Gasteiger partial charge on any atom is -0.316 e. The lowest BCUT2D eigenvalue weighted by molar-refractivity contribution is 0.0891. The average Bonchev–Trinajstić information content (AvgIpc) is 2.39. The SMILES string of the molecule is CNC1C(CN(C)CC(F)F)CCC1(C)C. The van der Waals surface area contributed by atoms with Crippen molar-refractivity contribution in [2.24, 2.45) is 11.3 Å². The number of nitrogens with one attached hydrogen (secondary N) is 1. The lowest BCUT2D eigenvalue weighted by Crippen LogP contribution is -2.44. The highest BCUT2D eigenvalue weighted by Crippen LogP contribution is 2.41. The Bertz CT molecular complexity index is 219. The molecule has 2 atom stereocenters. The third kappa shape index (κ3) is 3.39. The first-order valence-corrected chi connectivity index (χ1v) is 6.01. The molecular weight excluding hydrogens is 210 g/mol. The third-order valence-electron chi connectivity index (χ3n) is 3.78. The zero-order valence-corrected chi connectivity index (χ0v) is 10.8. The van der Waals surface area contributed by atoms with Gasteiger partial charge in [-0.1, -0.05) is 13.8 Å². The van der Waals surface area contributed by atoms with Gasteiger partial charge in [0, 0.05) is 12.6 Å². The van der Waals surface area contributed by atoms with Crippen molar-refractivity contribution in [1.82, 2.24) is 10.2 Å². The van der Waals surface area contributed by atoms with E-state index in [1.54, 1.807) is 11.9 Å². The zero-order valence-electron chi connectivity index (χ0n) is 10.8. The summed E-state index contributed by atoms with van der Waals surface area (Å²) in [4.78, 5) is 1.75. The summed E-state index contributed by atoms with van der Waals surface area (Å²) in [6, 6.07) is 0.438. The topological polar surface area (TPSA) is 15.3 Å². The number of hydrogen-bond acceptors (Lipinski definition) is 2. The standard InChI is InChI=1S/C12H24F2N2/c1-12(2)6-5-9(11(12)15-3)7-16(4)8-10(13)14/h9-11,15H,5-8H2,1-4H3. The van der Waals surface area contributed by atoms with Gasteiger partial charge in [0.15, 0.2) is 0 Å². The molecule has 0 saturated heterocycles. The molecule has 0 radical (unpaired) electrons. The fourth-order valence-electron chi connectivity index (χ4n) is 3.05. The first kappa shape index (κ1) is 13.8. The van der Waals surface area contributed by atoms with E-state index in [0.717, 1.165) is 13.0 Å². The molecule has 1 saturated carbocycles. The second-order valence-corrected chi connectivity index (χ2v) is 5.67. The van der Waals surface area contributed by atoms with Crippen molar-refractivity contribution in [3.8, 4) is 0 Å². The van der Waals surface area contributed by atoms with Gasteiger partial charge in [-0.05, 0) is 38.3 Å². The second-order valence-electron chi connectivity index (χ2n) is 5.67. The van der Waals surface area contributed by atoms with Crippen LogP contribution in [0.1, 0.15) is 26.7 Å². The third-order valence-corrected chi connectivity index (χ3v) is 3.78. The van der Waals surface area contributed by atoms with Crippen molar-refractivity contribution in [3.05, 3.63) is 0 Å². The van der Waals surface area contributed by atoms with Crippen LogP contribution in [0.5, 0.6) is 0 Å². The van der Waals surface area contributed by atoms with E-state index in [1.807, 2.05) is 7.05 Å². The molecule has 2 nitrogen and oxygen atoms in total. The molecule has 2 unspecified atom stereocenters. The van der Waals surface area contributed by atoms with Crippen LogP contribution >= 0.6 is 0 Å². The first-order valence-electron chi connectivity index (χ1n) is 6.01. The molecule has 0 amide bonds. The molecule has 1 aliphatic rings. The Morgan fingerprint density at radius 1 is 1.44 bits per heavy atom. The molecule has 0 bridgehead atoms. The minimum atomic E-state index is -2.23. The molecule has 0 heterocycles. The molecule has 0 aromatic heterocycles. The van der Waals surface area contributed by atoms with Gasteiger partial charge < -0.3 is 10.2 Å². The molecule has 1 aliphatic carbocycles. The van der Waals surface area contributed by atoms with E-state index in [4.69, 9.17) is 0 Å². The van der Waals surface area contributed by atoms with Crippen LogP contribution in [0.15, 0.2) is 0 Å². The summed E-state index contributed by atoms with van der Waals surface area (Å²) < 4.78 is 24.5. The van der Waals surface area contributed by atoms with Crippen LogP contribution in [0.3, 0.4) is 0 Å². The van der Waals surface area contributed by atoms with E-state index >= 15 is 0 Å². The molecule has 0 spiro atoms. The summed E-state index contributed by atoms with van der Waals surface area (Å²) in [6.07, 6.45) is 0.0741. The van der Waals surface area contributed by atoms with Gasteiger partial charge in [-0.2, -0.15) is 0 Å². The van der Waals surface area contributed by atoms with E-state index in [-0.39, 0.29) is 12.0 Å². The van der Waals surface area contributed by atoms with Gasteiger partial charge in [-0.25, -0.2) is 8.78 Å². The minimum absolute atomic E-state index is 0.118. The normalized spacial score (nSPS) is 29.2. The largest absolute Gasteiger partial charge is 0.316 e. The van der Waals surface area contributed by atoms with Crippen molar-refractivity contribution in [1.29, 1.82) is 0 Å². The summed E-state index contributed by atoms with van der Waals surface area (Å²) in [6.45, 7) is 5.15. The van der Waals surface area contributed by atoms with Crippen molar-refractivity contribution in [2.45, 2.75) is 39.2 Å². The highest BCUT2D eigenvalue weighted by molar-refractivity contribution is 4.96. The summed E-state index contributed by atoms with van der Waals surface area (Å²) >= 11 is 0. The Balaban J connectivity index is 2.49. The van der Waals surface area contributed by atoms with Gasteiger partial charge in [0.05, 0.1) is 6.54 Å². The number of alkyl halides is 2. The lowest BCUT2D eigenvalue weighted by Gasteiger charge is -2.32. The van der Waals surface area contributed by atoms with Crippen LogP contribution in [0, 0.1) is 11.3 Å². The molecule has 0 aromatic rings. The molecule has 16 heavy (non-hydrogen) atoms. The van der Waals surface area contributed by atoms with Crippen LogP contribution in [-0.2, 0) is 0 Å². The maximum absolute atomic E-state index is 12.2. The van der Waals surface area contributed by atoms with E-state index in [0.29, 0.717) is 12.0 Å². The van der Waals surface area contributed by atoms with Crippen molar-refractivity contribution >= 4 is 0 Å². The van der Waals surface area contributed by atoms with Gasteiger partial charge >= 0.3 is 0 Å². The number of nitrogens with zero attached hydrogens (tertiary/aromatic N) is 1. The Hall–Kier alpha value is -0.220. The highest BCUT2D eigenvalue weighted by atomic mass is 19.3. The maximum Gasteiger partial charge on any atom is 0.251 e. The number of rotatable bonds is 5. The second kappa shape index (κ2) is 5.41. The molecule has 4 heteroatoms. The van der Waals surface area contributed by atoms with Crippen LogP contribution in [0.4, 0.5) is 8.78 Å². The van der Waals surface area contributed by atoms with Gasteiger partial charge in [-0.3, -0.25) is 0 Å². The highest BCUT2D eigenvalue weighted by Gasteiger charge is 2.41. The molecular formula is C12H24F2N2. The van der Waals surface area contributed by atoms with Crippen LogP contribution in [0.25, 0.3) is 0 Å². The summed E-state index contributed by atoms with van der Waals surface area (Å²) in [5, 5.41) is 3.35. The Kier molecular flexibility index (Phi) is 4.68. The van der Waals surface area contributed by atoms with Crippen molar-refractivity contribution in [3.63, 3.8) is 0 Å². The predicted molar refractivity (Wildman–Crippen MR) is 62.9 cm³/mol. The van der Waals surface area contributed by atoms with E-state index in [1.165, 1.54) is 6.42 Å². The maximum atomic E-state index is 12.2. The van der Waals surface area contributed by atoms with Crippen molar-refractivity contribution in [2.75, 3.05) is 27.2 Å². The Morgan fingerprint density at radius 3 is 2.56 bits per heavy atom. The number of hydrogen-bond donors (Lipinski definition) is 1. The predicted octanol–water partition coefficient (Wildman–Crippen LogP) is 2.21. The molecule has 0 aliphatic heterocycles. The van der Waals surface area contributed by atoms with E-state index in [2.05, 4.69) is 19.2 Å². The van der Waals surface area contributed by atoms with Crippen molar-refractivity contribution < 1.29 is 8.78 Å². The van der Waals surface area contributed by atoms with Gasteiger partial charge in [0.2, 0.25) is 0 Å². The lowest BCUT2D eigenvalue weighted by atomic mass is 9.85. The molecule has 96 valence electrons. The van der Waals surface area contributed by atoms with Crippen LogP contribution < -0.4 is 5.32 Å². The summed E-state index contributed by atoms with van der Waals surface area (Å²) in [7, 11) is 3.75. The fourth-order valence-corrected chi connectivity index (χ4v) is 3.05. The van der Waals surface area contributed by atoms with Gasteiger partial charge in [-0.15, -0.1) is 0 Å². The van der Waals surface area contributed by atoms with Crippen LogP contribution in [-0.4, -0.2) is 44.6 Å². The molecule has 0 aromatic carbocycles. The Labute approximate surface area is 97.4 Å². The Morgan fingerprint density at radius 2 is 2.06 bits per heavy atom. The summed E-state index contributed by atoms with van der Waals surface area (Å²) in [5.41, 5.74) is 0.283. The zero-order chi connectivity index (χ0) is 12.3. The van der Waals surface area contributed by atoms with E-state index in [9.17, 15) is 8.78 Å². The van der Waals surface area contributed by atoms with E-state index < -0.39 is 6.43 Å². The fraction of sp³-hybridized carbons (Fsp3) is 1.00. The molecule has 1 N–H and O–H groups in total. The monoisotopic (exact) mass is 234 g/mol. The average molecular weight is 234 g/mol. The quantitative estimate of drug-likeness (QED) is 0.784. The summed E-state index contributed by atoms with van der Waals surface area (Å²) in [5.74, 6) is 0.490. The molecule has 1 rings (SSSR count). The van der Waals surface area contributed by atoms with Gasteiger partial charge in [0.1, 0.15) is 0 Å². The first-order chi connectivity index (χ1) is 7.36. The number of halogens is 2. The van der Waals surface area contributed by atoms with Crippen LogP contribution in [0.2, 0.25) is 0 Å². The molecule has 1 fully saturated rings. The smallest absolute Gasteiger partial charge is 0.251 e.